The van der Waals surface area contributed by atoms with Gasteiger partial charge >= 0.3 is 5.97 Å². The Labute approximate surface area is 153 Å². The van der Waals surface area contributed by atoms with Crippen LogP contribution in [0.15, 0.2) is 40.9 Å². The Morgan fingerprint density at radius 2 is 1.80 bits per heavy atom. The average Bonchev–Trinajstić information content (AvgIpc) is 2.61. The number of carboxylic acid groups (broad SMARTS) is 1. The van der Waals surface area contributed by atoms with E-state index in [4.69, 9.17) is 9.47 Å². The van der Waals surface area contributed by atoms with E-state index in [9.17, 15) is 14.7 Å². The summed E-state index contributed by atoms with van der Waals surface area (Å²) >= 11 is 3.22. The highest BCUT2D eigenvalue weighted by Crippen LogP contribution is 2.28. The highest BCUT2D eigenvalue weighted by atomic mass is 79.9. The number of carboxylic acids is 1. The molecule has 0 spiro atoms. The van der Waals surface area contributed by atoms with Gasteiger partial charge in [-0.05, 0) is 42.3 Å². The Morgan fingerprint density at radius 3 is 2.44 bits per heavy atom. The van der Waals surface area contributed by atoms with Gasteiger partial charge in [-0.3, -0.25) is 4.79 Å². The van der Waals surface area contributed by atoms with Gasteiger partial charge in [-0.1, -0.05) is 22.0 Å². The fraction of sp³-hybridized carbons (Fsp3) is 0.222. The van der Waals surface area contributed by atoms with Crippen LogP contribution in [0.2, 0.25) is 0 Å². The summed E-state index contributed by atoms with van der Waals surface area (Å²) in [6.07, 6.45) is 0.704. The molecule has 0 radical (unpaired) electrons. The van der Waals surface area contributed by atoms with E-state index in [-0.39, 0.29) is 23.6 Å². The Kier molecular flexibility index (Phi) is 6.41. The van der Waals surface area contributed by atoms with E-state index in [1.165, 1.54) is 6.07 Å². The maximum Gasteiger partial charge on any atom is 0.337 e. The molecule has 0 fully saturated rings. The summed E-state index contributed by atoms with van der Waals surface area (Å²) in [6.45, 7) is 0. The van der Waals surface area contributed by atoms with E-state index in [2.05, 4.69) is 21.2 Å². The average molecular weight is 408 g/mol. The molecule has 0 saturated carbocycles. The predicted molar refractivity (Wildman–Crippen MR) is 97.6 cm³/mol. The molecule has 0 aliphatic carbocycles. The third kappa shape index (κ3) is 4.96. The maximum absolute atomic E-state index is 12.2. The van der Waals surface area contributed by atoms with Gasteiger partial charge in [0.25, 0.3) is 0 Å². The number of halogens is 1. The molecule has 2 aromatic carbocycles. The fourth-order valence-corrected chi connectivity index (χ4v) is 2.67. The first-order chi connectivity index (χ1) is 11.9. The van der Waals surface area contributed by atoms with Crippen LogP contribution in [0.4, 0.5) is 5.69 Å². The second kappa shape index (κ2) is 8.53. The van der Waals surface area contributed by atoms with Crippen molar-refractivity contribution in [2.45, 2.75) is 12.8 Å². The molecular formula is C18H18BrNO5. The first kappa shape index (κ1) is 18.8. The van der Waals surface area contributed by atoms with Crippen molar-refractivity contribution in [1.82, 2.24) is 0 Å². The molecule has 0 saturated heterocycles. The van der Waals surface area contributed by atoms with Crippen molar-refractivity contribution in [2.24, 2.45) is 0 Å². The number of carbonyl (C=O) groups excluding carboxylic acids is 1. The molecule has 25 heavy (non-hydrogen) atoms. The highest BCUT2D eigenvalue weighted by molar-refractivity contribution is 9.10. The van der Waals surface area contributed by atoms with Gasteiger partial charge in [0.05, 0.1) is 25.5 Å². The quantitative estimate of drug-likeness (QED) is 0.729. The van der Waals surface area contributed by atoms with E-state index in [1.807, 2.05) is 12.1 Å². The van der Waals surface area contributed by atoms with Gasteiger partial charge in [0, 0.05) is 10.9 Å². The summed E-state index contributed by atoms with van der Waals surface area (Å²) < 4.78 is 11.0. The third-order valence-corrected chi connectivity index (χ3v) is 4.07. The van der Waals surface area contributed by atoms with Gasteiger partial charge in [-0.15, -0.1) is 0 Å². The number of methoxy groups -OCH3 is 2. The Bertz CT molecular complexity index is 791. The Balaban J connectivity index is 2.03. The SMILES string of the molecule is COc1ccc(CCC(=O)Nc2ccc(Br)cc2C(=O)O)cc1OC. The van der Waals surface area contributed by atoms with Crippen LogP contribution in [-0.2, 0) is 11.2 Å². The minimum absolute atomic E-state index is 0.0360. The molecule has 6 nitrogen and oxygen atoms in total. The molecular weight excluding hydrogens is 390 g/mol. The zero-order valence-corrected chi connectivity index (χ0v) is 15.4. The Morgan fingerprint density at radius 1 is 1.08 bits per heavy atom. The van der Waals surface area contributed by atoms with Gasteiger partial charge in [0.15, 0.2) is 11.5 Å². The summed E-state index contributed by atoms with van der Waals surface area (Å²) in [5, 5.41) is 11.9. The fourth-order valence-electron chi connectivity index (χ4n) is 2.31. The molecule has 7 heteroatoms. The van der Waals surface area contributed by atoms with Crippen molar-refractivity contribution in [3.63, 3.8) is 0 Å². The third-order valence-electron chi connectivity index (χ3n) is 3.57. The number of hydrogen-bond donors (Lipinski definition) is 2. The minimum Gasteiger partial charge on any atom is -0.493 e. The maximum atomic E-state index is 12.2. The zero-order chi connectivity index (χ0) is 18.4. The van der Waals surface area contributed by atoms with Crippen LogP contribution >= 0.6 is 15.9 Å². The molecule has 2 N–H and O–H groups in total. The van der Waals surface area contributed by atoms with Crippen LogP contribution in [0.1, 0.15) is 22.3 Å². The van der Waals surface area contributed by atoms with Gasteiger partial charge < -0.3 is 19.9 Å². The number of aromatic carboxylic acids is 1. The second-order valence-electron chi connectivity index (χ2n) is 5.23. The summed E-state index contributed by atoms with van der Waals surface area (Å²) in [7, 11) is 3.11. The van der Waals surface area contributed by atoms with Crippen LogP contribution in [0.25, 0.3) is 0 Å². The van der Waals surface area contributed by atoms with Crippen molar-refractivity contribution >= 4 is 33.5 Å². The highest BCUT2D eigenvalue weighted by Gasteiger charge is 2.13. The number of ether oxygens (including phenoxy) is 2. The number of aryl methyl sites for hydroxylation is 1. The molecule has 1 amide bonds. The number of rotatable bonds is 7. The molecule has 0 heterocycles. The van der Waals surface area contributed by atoms with Gasteiger partial charge in [-0.2, -0.15) is 0 Å². The summed E-state index contributed by atoms with van der Waals surface area (Å²) in [5.74, 6) is -0.144. The molecule has 0 aliphatic heterocycles. The van der Waals surface area contributed by atoms with Crippen LogP contribution in [0, 0.1) is 0 Å². The largest absolute Gasteiger partial charge is 0.493 e. The lowest BCUT2D eigenvalue weighted by Crippen LogP contribution is -2.15. The monoisotopic (exact) mass is 407 g/mol. The van der Waals surface area contributed by atoms with E-state index < -0.39 is 5.97 Å². The van der Waals surface area contributed by atoms with Crippen molar-refractivity contribution in [2.75, 3.05) is 19.5 Å². The number of amides is 1. The number of hydrogen-bond acceptors (Lipinski definition) is 4. The standard InChI is InChI=1S/C18H18BrNO5/c1-24-15-7-3-11(9-16(15)25-2)4-8-17(21)20-14-6-5-12(19)10-13(14)18(22)23/h3,5-7,9-10H,4,8H2,1-2H3,(H,20,21)(H,22,23). The van der Waals surface area contributed by atoms with Crippen LogP contribution < -0.4 is 14.8 Å². The van der Waals surface area contributed by atoms with Gasteiger partial charge in [-0.25, -0.2) is 4.79 Å². The lowest BCUT2D eigenvalue weighted by molar-refractivity contribution is -0.116. The van der Waals surface area contributed by atoms with Gasteiger partial charge in [0.2, 0.25) is 5.91 Å². The molecule has 2 rings (SSSR count). The second-order valence-corrected chi connectivity index (χ2v) is 6.15. The normalized spacial score (nSPS) is 10.2. The molecule has 0 bridgehead atoms. The molecule has 0 unspecified atom stereocenters. The number of carbonyl (C=O) groups is 2. The van der Waals surface area contributed by atoms with Crippen LogP contribution in [-0.4, -0.2) is 31.2 Å². The summed E-state index contributed by atoms with van der Waals surface area (Å²) in [4.78, 5) is 23.4. The first-order valence-electron chi connectivity index (χ1n) is 7.48. The molecule has 0 atom stereocenters. The summed E-state index contributed by atoms with van der Waals surface area (Å²) in [6, 6.07) is 10.1. The van der Waals surface area contributed by atoms with E-state index in [0.29, 0.717) is 22.4 Å². The number of nitrogens with one attached hydrogen (secondary N) is 1. The number of benzene rings is 2. The van der Waals surface area contributed by atoms with Crippen molar-refractivity contribution in [3.8, 4) is 11.5 Å². The van der Waals surface area contributed by atoms with Crippen molar-refractivity contribution < 1.29 is 24.2 Å². The lowest BCUT2D eigenvalue weighted by atomic mass is 10.1. The first-order valence-corrected chi connectivity index (χ1v) is 8.27. The van der Waals surface area contributed by atoms with E-state index >= 15 is 0 Å². The van der Waals surface area contributed by atoms with Crippen molar-refractivity contribution in [3.05, 3.63) is 52.0 Å². The molecule has 0 aliphatic rings. The summed E-state index contributed by atoms with van der Waals surface area (Å²) in [5.41, 5.74) is 1.23. The smallest absolute Gasteiger partial charge is 0.337 e. The molecule has 0 aromatic heterocycles. The van der Waals surface area contributed by atoms with Crippen LogP contribution in [0.5, 0.6) is 11.5 Å². The van der Waals surface area contributed by atoms with E-state index in [1.54, 1.807) is 32.4 Å². The van der Waals surface area contributed by atoms with Crippen molar-refractivity contribution in [1.29, 1.82) is 0 Å². The van der Waals surface area contributed by atoms with Crippen LogP contribution in [0.3, 0.4) is 0 Å². The topological polar surface area (TPSA) is 84.9 Å². The lowest BCUT2D eigenvalue weighted by Gasteiger charge is -2.11. The molecule has 132 valence electrons. The van der Waals surface area contributed by atoms with E-state index in [0.717, 1.165) is 5.56 Å². The number of anilines is 1. The van der Waals surface area contributed by atoms with Gasteiger partial charge in [0.1, 0.15) is 0 Å². The zero-order valence-electron chi connectivity index (χ0n) is 13.8. The predicted octanol–water partition coefficient (Wildman–Crippen LogP) is 3.74. The Hall–Kier alpha value is -2.54. The minimum atomic E-state index is -1.10. The molecule has 2 aromatic rings.